The minimum Gasteiger partial charge on any atom is -0.348 e. The Bertz CT molecular complexity index is 865. The number of piperidine rings is 1. The first-order valence-electron chi connectivity index (χ1n) is 7.91. The van der Waals surface area contributed by atoms with Gasteiger partial charge < -0.3 is 5.32 Å². The third kappa shape index (κ3) is 3.29. The van der Waals surface area contributed by atoms with Crippen molar-refractivity contribution in [1.29, 1.82) is 0 Å². The van der Waals surface area contributed by atoms with Crippen LogP contribution in [0.15, 0.2) is 18.2 Å². The molecule has 1 N–H and O–H groups in total. The van der Waals surface area contributed by atoms with Crippen LogP contribution in [0.3, 0.4) is 0 Å². The molecule has 0 saturated carbocycles. The SMILES string of the molecule is CN1C(=O)c2ccc(C(=O)NC3CCCN(S(C)(=O)=O)C3)cc2C1=O. The molecular weight excluding hydrogens is 346 g/mol. The van der Waals surface area contributed by atoms with Gasteiger partial charge in [0.1, 0.15) is 0 Å². The Kier molecular flexibility index (Phi) is 4.38. The summed E-state index contributed by atoms with van der Waals surface area (Å²) in [6, 6.07) is 4.09. The van der Waals surface area contributed by atoms with E-state index in [1.54, 1.807) is 0 Å². The summed E-state index contributed by atoms with van der Waals surface area (Å²) in [5.74, 6) is -1.21. The number of sulfonamides is 1. The van der Waals surface area contributed by atoms with Crippen LogP contribution in [0.4, 0.5) is 0 Å². The standard InChI is InChI=1S/C16H19N3O5S/c1-18-15(21)12-6-5-10(8-13(12)16(18)22)14(20)17-11-4-3-7-19(9-11)25(2,23)24/h5-6,8,11H,3-4,7,9H2,1-2H3,(H,17,20). The average molecular weight is 365 g/mol. The van der Waals surface area contributed by atoms with Crippen LogP contribution in [0.1, 0.15) is 43.9 Å². The van der Waals surface area contributed by atoms with Gasteiger partial charge in [0, 0.05) is 31.7 Å². The Morgan fingerprint density at radius 3 is 2.56 bits per heavy atom. The van der Waals surface area contributed by atoms with Crippen molar-refractivity contribution in [2.45, 2.75) is 18.9 Å². The van der Waals surface area contributed by atoms with E-state index >= 15 is 0 Å². The van der Waals surface area contributed by atoms with Crippen molar-refractivity contribution >= 4 is 27.7 Å². The molecule has 0 bridgehead atoms. The maximum absolute atomic E-state index is 12.4. The summed E-state index contributed by atoms with van der Waals surface area (Å²) in [7, 11) is -1.90. The van der Waals surface area contributed by atoms with Crippen LogP contribution in [0.25, 0.3) is 0 Å². The molecule has 9 heteroatoms. The van der Waals surface area contributed by atoms with Crippen LogP contribution in [0.5, 0.6) is 0 Å². The normalized spacial score (nSPS) is 21.4. The van der Waals surface area contributed by atoms with Gasteiger partial charge >= 0.3 is 0 Å². The zero-order valence-electron chi connectivity index (χ0n) is 14.0. The second kappa shape index (κ2) is 6.23. The van der Waals surface area contributed by atoms with Crippen LogP contribution >= 0.6 is 0 Å². The molecule has 134 valence electrons. The molecule has 1 saturated heterocycles. The second-order valence-corrected chi connectivity index (χ2v) is 8.35. The highest BCUT2D eigenvalue weighted by Crippen LogP contribution is 2.23. The van der Waals surface area contributed by atoms with Crippen molar-refractivity contribution in [3.05, 3.63) is 34.9 Å². The van der Waals surface area contributed by atoms with E-state index in [0.717, 1.165) is 11.2 Å². The van der Waals surface area contributed by atoms with Crippen molar-refractivity contribution in [3.8, 4) is 0 Å². The van der Waals surface area contributed by atoms with Crippen molar-refractivity contribution in [1.82, 2.24) is 14.5 Å². The summed E-state index contributed by atoms with van der Waals surface area (Å²) >= 11 is 0. The van der Waals surface area contributed by atoms with Gasteiger partial charge in [0.15, 0.2) is 0 Å². The lowest BCUT2D eigenvalue weighted by Crippen LogP contribution is -2.49. The lowest BCUT2D eigenvalue weighted by atomic mass is 10.0. The molecule has 1 unspecified atom stereocenters. The number of benzene rings is 1. The molecule has 1 aromatic rings. The van der Waals surface area contributed by atoms with Crippen LogP contribution in [-0.2, 0) is 10.0 Å². The Morgan fingerprint density at radius 1 is 1.20 bits per heavy atom. The number of carbonyl (C=O) groups excluding carboxylic acids is 3. The topological polar surface area (TPSA) is 104 Å². The maximum Gasteiger partial charge on any atom is 0.261 e. The first-order valence-corrected chi connectivity index (χ1v) is 9.75. The molecule has 3 amide bonds. The van der Waals surface area contributed by atoms with E-state index in [9.17, 15) is 22.8 Å². The summed E-state index contributed by atoms with van der Waals surface area (Å²) in [5, 5.41) is 2.81. The molecule has 25 heavy (non-hydrogen) atoms. The van der Waals surface area contributed by atoms with Gasteiger partial charge in [-0.25, -0.2) is 12.7 Å². The predicted molar refractivity (Wildman–Crippen MR) is 89.8 cm³/mol. The number of imide groups is 1. The maximum atomic E-state index is 12.4. The van der Waals surface area contributed by atoms with E-state index in [-0.39, 0.29) is 35.2 Å². The summed E-state index contributed by atoms with van der Waals surface area (Å²) in [5.41, 5.74) is 0.762. The lowest BCUT2D eigenvalue weighted by molar-refractivity contribution is 0.0693. The molecule has 8 nitrogen and oxygen atoms in total. The molecule has 2 heterocycles. The highest BCUT2D eigenvalue weighted by Gasteiger charge is 2.33. The number of rotatable bonds is 3. The second-order valence-electron chi connectivity index (χ2n) is 6.36. The van der Waals surface area contributed by atoms with Crippen molar-refractivity contribution in [3.63, 3.8) is 0 Å². The molecule has 0 aromatic heterocycles. The third-order valence-electron chi connectivity index (χ3n) is 4.54. The fraction of sp³-hybridized carbons (Fsp3) is 0.438. The molecule has 0 radical (unpaired) electrons. The zero-order chi connectivity index (χ0) is 18.4. The minimum absolute atomic E-state index is 0.210. The van der Waals surface area contributed by atoms with Gasteiger partial charge in [-0.3, -0.25) is 19.3 Å². The van der Waals surface area contributed by atoms with Crippen molar-refractivity contribution < 1.29 is 22.8 Å². The van der Waals surface area contributed by atoms with E-state index in [0.29, 0.717) is 19.4 Å². The largest absolute Gasteiger partial charge is 0.348 e. The number of hydrogen-bond acceptors (Lipinski definition) is 5. The predicted octanol–water partition coefficient (Wildman–Crippen LogP) is 0.0662. The van der Waals surface area contributed by atoms with Crippen LogP contribution in [0.2, 0.25) is 0 Å². The molecule has 0 spiro atoms. The smallest absolute Gasteiger partial charge is 0.261 e. The van der Waals surface area contributed by atoms with Gasteiger partial charge in [-0.05, 0) is 31.0 Å². The number of fused-ring (bicyclic) bond motifs is 1. The number of hydrogen-bond donors (Lipinski definition) is 1. The van der Waals surface area contributed by atoms with Gasteiger partial charge in [-0.2, -0.15) is 0 Å². The van der Waals surface area contributed by atoms with Crippen molar-refractivity contribution in [2.24, 2.45) is 0 Å². The Hall–Kier alpha value is -2.26. The monoisotopic (exact) mass is 365 g/mol. The fourth-order valence-electron chi connectivity index (χ4n) is 3.13. The fourth-order valence-corrected chi connectivity index (χ4v) is 4.04. The zero-order valence-corrected chi connectivity index (χ0v) is 14.8. The van der Waals surface area contributed by atoms with Gasteiger partial charge in [-0.15, -0.1) is 0 Å². The minimum atomic E-state index is -3.29. The Balaban J connectivity index is 1.75. The van der Waals surface area contributed by atoms with E-state index < -0.39 is 21.8 Å². The van der Waals surface area contributed by atoms with E-state index in [4.69, 9.17) is 0 Å². The highest BCUT2D eigenvalue weighted by atomic mass is 32.2. The molecule has 2 aliphatic heterocycles. The molecular formula is C16H19N3O5S. The van der Waals surface area contributed by atoms with Crippen LogP contribution in [-0.4, -0.2) is 67.8 Å². The van der Waals surface area contributed by atoms with Gasteiger partial charge in [0.05, 0.1) is 17.4 Å². The number of nitrogens with one attached hydrogen (secondary N) is 1. The molecule has 2 aliphatic rings. The number of nitrogens with zero attached hydrogens (tertiary/aromatic N) is 2. The van der Waals surface area contributed by atoms with Gasteiger partial charge in [-0.1, -0.05) is 0 Å². The van der Waals surface area contributed by atoms with E-state index in [2.05, 4.69) is 5.32 Å². The van der Waals surface area contributed by atoms with Crippen LogP contribution < -0.4 is 5.32 Å². The van der Waals surface area contributed by atoms with Gasteiger partial charge in [0.25, 0.3) is 17.7 Å². The van der Waals surface area contributed by atoms with Crippen LogP contribution in [0, 0.1) is 0 Å². The highest BCUT2D eigenvalue weighted by molar-refractivity contribution is 7.88. The summed E-state index contributed by atoms with van der Waals surface area (Å²) in [6.45, 7) is 0.683. The Morgan fingerprint density at radius 2 is 1.88 bits per heavy atom. The van der Waals surface area contributed by atoms with Gasteiger partial charge in [0.2, 0.25) is 10.0 Å². The first kappa shape index (κ1) is 17.6. The molecule has 1 atom stereocenters. The third-order valence-corrected chi connectivity index (χ3v) is 5.81. The Labute approximate surface area is 145 Å². The summed E-state index contributed by atoms with van der Waals surface area (Å²) in [4.78, 5) is 37.4. The average Bonchev–Trinajstić information content (AvgIpc) is 2.78. The number of carbonyl (C=O) groups is 3. The summed E-state index contributed by atoms with van der Waals surface area (Å²) < 4.78 is 24.7. The molecule has 1 aromatic carbocycles. The first-order chi connectivity index (χ1) is 11.7. The van der Waals surface area contributed by atoms with E-state index in [1.807, 2.05) is 0 Å². The quantitative estimate of drug-likeness (QED) is 0.763. The molecule has 0 aliphatic carbocycles. The summed E-state index contributed by atoms with van der Waals surface area (Å²) in [6.07, 6.45) is 2.50. The van der Waals surface area contributed by atoms with Crippen molar-refractivity contribution in [2.75, 3.05) is 26.4 Å². The lowest BCUT2D eigenvalue weighted by Gasteiger charge is -2.31. The molecule has 3 rings (SSSR count). The molecule has 1 fully saturated rings. The number of amides is 3. The van der Waals surface area contributed by atoms with E-state index in [1.165, 1.54) is 29.6 Å².